The molecular formula is C53H86O4. The molecule has 0 bridgehead atoms. The number of carbonyl (C=O) groups excluding carboxylic acids is 1. The molecule has 0 amide bonds. The Hall–Kier alpha value is -3.21. The van der Waals surface area contributed by atoms with Gasteiger partial charge in [0.25, 0.3) is 0 Å². The van der Waals surface area contributed by atoms with Crippen LogP contribution in [-0.2, 0) is 14.3 Å². The molecule has 0 heterocycles. The molecule has 1 unspecified atom stereocenters. The molecular weight excluding hydrogens is 701 g/mol. The van der Waals surface area contributed by atoms with Crippen molar-refractivity contribution in [2.24, 2.45) is 0 Å². The summed E-state index contributed by atoms with van der Waals surface area (Å²) in [5.74, 6) is -0.225. The van der Waals surface area contributed by atoms with E-state index in [9.17, 15) is 9.90 Å². The highest BCUT2D eigenvalue weighted by atomic mass is 16.6. The van der Waals surface area contributed by atoms with Crippen molar-refractivity contribution in [3.63, 3.8) is 0 Å². The summed E-state index contributed by atoms with van der Waals surface area (Å²) >= 11 is 0. The predicted octanol–water partition coefficient (Wildman–Crippen LogP) is 15.7. The maximum Gasteiger partial charge on any atom is 0.306 e. The molecule has 0 radical (unpaired) electrons. The van der Waals surface area contributed by atoms with Crippen LogP contribution in [0.3, 0.4) is 0 Å². The lowest BCUT2D eigenvalue weighted by Crippen LogP contribution is -2.27. The zero-order chi connectivity index (χ0) is 41.2. The first-order valence-corrected chi connectivity index (χ1v) is 23.1. The molecule has 0 saturated carbocycles. The van der Waals surface area contributed by atoms with Crippen LogP contribution in [-0.4, -0.2) is 37.0 Å². The number of hydrogen-bond donors (Lipinski definition) is 1. The highest BCUT2D eigenvalue weighted by Gasteiger charge is 2.13. The lowest BCUT2D eigenvalue weighted by atomic mass is 10.1. The maximum atomic E-state index is 12.2. The standard InChI is InChI=1S/C53H86O4/c1-3-5-7-9-11-13-15-17-19-21-23-25-26-27-28-29-30-32-34-36-38-40-42-44-46-48-53(55)57-52(50-54)51-56-49-47-45-43-41-39-37-35-33-31-24-22-20-18-16-14-12-10-8-6-4-2/h5-8,11-14,17-20,23-25,27-28,30-32,52,54H,3-4,9-10,15-16,21-22,26,29,33-51H2,1-2H3/b7-5-,8-6-,13-11-,14-12-,19-17-,20-18-,25-23-,28-27-,31-24-,32-30-. The van der Waals surface area contributed by atoms with Gasteiger partial charge in [0.15, 0.2) is 0 Å². The summed E-state index contributed by atoms with van der Waals surface area (Å²) in [6, 6.07) is 0. The van der Waals surface area contributed by atoms with Crippen molar-refractivity contribution >= 4 is 5.97 Å². The van der Waals surface area contributed by atoms with Gasteiger partial charge in [0.05, 0.1) is 13.2 Å². The number of esters is 1. The molecule has 0 aromatic rings. The molecule has 0 aromatic carbocycles. The second-order valence-electron chi connectivity index (χ2n) is 14.7. The molecule has 57 heavy (non-hydrogen) atoms. The number of aliphatic hydroxyl groups excluding tert-OH is 1. The normalized spacial score (nSPS) is 13.5. The van der Waals surface area contributed by atoms with Gasteiger partial charge >= 0.3 is 5.97 Å². The van der Waals surface area contributed by atoms with Crippen molar-refractivity contribution in [3.05, 3.63) is 122 Å². The van der Waals surface area contributed by atoms with Crippen LogP contribution in [0.2, 0.25) is 0 Å². The van der Waals surface area contributed by atoms with Gasteiger partial charge in [-0.3, -0.25) is 4.79 Å². The van der Waals surface area contributed by atoms with Crippen LogP contribution in [0.15, 0.2) is 122 Å². The van der Waals surface area contributed by atoms with Crippen molar-refractivity contribution in [2.45, 2.75) is 187 Å². The van der Waals surface area contributed by atoms with Crippen molar-refractivity contribution < 1.29 is 19.4 Å². The molecule has 1 N–H and O–H groups in total. The van der Waals surface area contributed by atoms with E-state index < -0.39 is 6.10 Å². The largest absolute Gasteiger partial charge is 0.457 e. The van der Waals surface area contributed by atoms with E-state index in [0.717, 1.165) is 103 Å². The highest BCUT2D eigenvalue weighted by molar-refractivity contribution is 5.69. The zero-order valence-corrected chi connectivity index (χ0v) is 36.8. The second-order valence-corrected chi connectivity index (χ2v) is 14.7. The number of rotatable bonds is 41. The fourth-order valence-electron chi connectivity index (χ4n) is 5.91. The third kappa shape index (κ3) is 47.1. The lowest BCUT2D eigenvalue weighted by molar-refractivity contribution is -0.154. The monoisotopic (exact) mass is 787 g/mol. The first kappa shape index (κ1) is 53.8. The van der Waals surface area contributed by atoms with Gasteiger partial charge in [0.1, 0.15) is 6.10 Å². The molecule has 1 atom stereocenters. The average molecular weight is 787 g/mol. The summed E-state index contributed by atoms with van der Waals surface area (Å²) in [6.45, 7) is 5.06. The van der Waals surface area contributed by atoms with E-state index >= 15 is 0 Å². The van der Waals surface area contributed by atoms with Gasteiger partial charge in [-0.25, -0.2) is 0 Å². The molecule has 0 rings (SSSR count). The molecule has 4 heteroatoms. The van der Waals surface area contributed by atoms with E-state index in [-0.39, 0.29) is 19.2 Å². The number of ether oxygens (including phenoxy) is 2. The smallest absolute Gasteiger partial charge is 0.306 e. The number of hydrogen-bond acceptors (Lipinski definition) is 4. The summed E-state index contributed by atoms with van der Waals surface area (Å²) in [7, 11) is 0. The van der Waals surface area contributed by atoms with E-state index in [1.165, 1.54) is 57.8 Å². The van der Waals surface area contributed by atoms with Crippen molar-refractivity contribution in [2.75, 3.05) is 19.8 Å². The number of carbonyl (C=O) groups is 1. The Balaban J connectivity index is 3.55. The SMILES string of the molecule is CC/C=C\C/C=C\C/C=C\C/C=C\C/C=C\C/C=C\CCCCCCCCC(=O)OC(CO)COCCCCCCCCC/C=C\C/C=C\C/C=C\C/C=C\CC. The molecule has 0 aromatic heterocycles. The van der Waals surface area contributed by atoms with Crippen LogP contribution in [0.25, 0.3) is 0 Å². The van der Waals surface area contributed by atoms with Crippen molar-refractivity contribution in [3.8, 4) is 0 Å². The Kier molecular flexibility index (Phi) is 46.2. The van der Waals surface area contributed by atoms with Crippen LogP contribution in [0.5, 0.6) is 0 Å². The van der Waals surface area contributed by atoms with E-state index in [2.05, 4.69) is 135 Å². The Bertz CT molecular complexity index is 1150. The molecule has 4 nitrogen and oxygen atoms in total. The topological polar surface area (TPSA) is 55.8 Å². The third-order valence-corrected chi connectivity index (χ3v) is 9.28. The zero-order valence-electron chi connectivity index (χ0n) is 36.8. The summed E-state index contributed by atoms with van der Waals surface area (Å²) in [4.78, 5) is 12.2. The average Bonchev–Trinajstić information content (AvgIpc) is 3.22. The van der Waals surface area contributed by atoms with Crippen LogP contribution in [0.4, 0.5) is 0 Å². The summed E-state index contributed by atoms with van der Waals surface area (Å²) in [5, 5.41) is 9.63. The predicted molar refractivity (Wildman–Crippen MR) is 251 cm³/mol. The fraction of sp³-hybridized carbons (Fsp3) is 0.604. The van der Waals surface area contributed by atoms with Gasteiger partial charge in [-0.2, -0.15) is 0 Å². The molecule has 0 fully saturated rings. The Morgan fingerprint density at radius 1 is 0.421 bits per heavy atom. The van der Waals surface area contributed by atoms with Crippen LogP contribution in [0.1, 0.15) is 181 Å². The van der Waals surface area contributed by atoms with E-state index in [1.807, 2.05) is 0 Å². The summed E-state index contributed by atoms with van der Waals surface area (Å²) < 4.78 is 11.2. The van der Waals surface area contributed by atoms with Crippen LogP contribution in [0, 0.1) is 0 Å². The van der Waals surface area contributed by atoms with Gasteiger partial charge < -0.3 is 14.6 Å². The number of allylic oxidation sites excluding steroid dienone is 20. The Labute approximate surface area is 352 Å². The maximum absolute atomic E-state index is 12.2. The van der Waals surface area contributed by atoms with Gasteiger partial charge in [-0.05, 0) is 103 Å². The van der Waals surface area contributed by atoms with E-state index in [4.69, 9.17) is 9.47 Å². The molecule has 0 saturated heterocycles. The molecule has 0 aliphatic carbocycles. The molecule has 322 valence electrons. The summed E-state index contributed by atoms with van der Waals surface area (Å²) in [6.07, 6.45) is 72.6. The molecule has 0 aliphatic rings. The molecule has 0 spiro atoms. The van der Waals surface area contributed by atoms with Gasteiger partial charge in [0.2, 0.25) is 0 Å². The Morgan fingerprint density at radius 3 is 1.11 bits per heavy atom. The van der Waals surface area contributed by atoms with E-state index in [0.29, 0.717) is 13.0 Å². The number of aliphatic hydroxyl groups is 1. The third-order valence-electron chi connectivity index (χ3n) is 9.28. The van der Waals surface area contributed by atoms with Gasteiger partial charge in [-0.15, -0.1) is 0 Å². The van der Waals surface area contributed by atoms with Crippen LogP contribution < -0.4 is 0 Å². The van der Waals surface area contributed by atoms with Crippen LogP contribution >= 0.6 is 0 Å². The van der Waals surface area contributed by atoms with Gasteiger partial charge in [0, 0.05) is 13.0 Å². The fourth-order valence-corrected chi connectivity index (χ4v) is 5.91. The quantitative estimate of drug-likeness (QED) is 0.0381. The lowest BCUT2D eigenvalue weighted by Gasteiger charge is -2.15. The minimum absolute atomic E-state index is 0.191. The Morgan fingerprint density at radius 2 is 0.737 bits per heavy atom. The van der Waals surface area contributed by atoms with Crippen molar-refractivity contribution in [1.82, 2.24) is 0 Å². The minimum atomic E-state index is -0.559. The van der Waals surface area contributed by atoms with Crippen molar-refractivity contribution in [1.29, 1.82) is 0 Å². The van der Waals surface area contributed by atoms with E-state index in [1.54, 1.807) is 0 Å². The molecule has 0 aliphatic heterocycles. The second kappa shape index (κ2) is 48.9. The minimum Gasteiger partial charge on any atom is -0.457 e. The number of unbranched alkanes of at least 4 members (excludes halogenated alkanes) is 13. The first-order valence-electron chi connectivity index (χ1n) is 23.1. The van der Waals surface area contributed by atoms with Gasteiger partial charge in [-0.1, -0.05) is 193 Å². The first-order chi connectivity index (χ1) is 28.2. The highest BCUT2D eigenvalue weighted by Crippen LogP contribution is 2.12. The summed E-state index contributed by atoms with van der Waals surface area (Å²) in [5.41, 5.74) is 0.